The molecule has 0 aliphatic heterocycles. The topological polar surface area (TPSA) is 90.7 Å². The Hall–Kier alpha value is -2.33. The number of Topliss-reactive ketones (excluding diaryl/α,β-unsaturated/α-hetero) is 1. The standard InChI is InChI=1S/C20H20NO6.HI/c1-21(2,3)8-9-26-17(23)11-15(22)16-10-14-18(24)12-6-4-5-7-13(12)19(25)20(14)27-16;/h4-7,10H,8-9,11H2,1-3H3;1H/q+1;/p-1. The van der Waals surface area contributed by atoms with Crippen LogP contribution in [0.3, 0.4) is 0 Å². The highest BCUT2D eigenvalue weighted by Gasteiger charge is 2.34. The molecular formula is C20H20INO6. The van der Waals surface area contributed by atoms with E-state index < -0.39 is 24.0 Å². The number of fused-ring (bicyclic) bond motifs is 2. The molecule has 0 N–H and O–H groups in total. The average Bonchev–Trinajstić information content (AvgIpc) is 3.04. The van der Waals surface area contributed by atoms with Gasteiger partial charge in [0.25, 0.3) is 0 Å². The fourth-order valence-corrected chi connectivity index (χ4v) is 2.71. The van der Waals surface area contributed by atoms with E-state index in [-0.39, 0.29) is 64.6 Å². The van der Waals surface area contributed by atoms with Crippen molar-refractivity contribution < 1.29 is 56.8 Å². The first-order valence-corrected chi connectivity index (χ1v) is 8.49. The van der Waals surface area contributed by atoms with Gasteiger partial charge in [0.2, 0.25) is 11.6 Å². The van der Waals surface area contributed by atoms with Gasteiger partial charge in [-0.25, -0.2) is 0 Å². The maximum absolute atomic E-state index is 12.5. The molecule has 0 unspecified atom stereocenters. The van der Waals surface area contributed by atoms with Crippen LogP contribution in [0.2, 0.25) is 0 Å². The van der Waals surface area contributed by atoms with Crippen molar-refractivity contribution in [2.45, 2.75) is 6.42 Å². The van der Waals surface area contributed by atoms with Gasteiger partial charge in [-0.3, -0.25) is 19.2 Å². The van der Waals surface area contributed by atoms with Crippen molar-refractivity contribution in [3.63, 3.8) is 0 Å². The van der Waals surface area contributed by atoms with Crippen LogP contribution in [0, 0.1) is 0 Å². The predicted molar refractivity (Wildman–Crippen MR) is 94.8 cm³/mol. The zero-order chi connectivity index (χ0) is 19.8. The summed E-state index contributed by atoms with van der Waals surface area (Å²) in [6, 6.07) is 7.63. The third-order valence-electron chi connectivity index (χ3n) is 4.20. The number of benzene rings is 1. The second-order valence-corrected chi connectivity index (χ2v) is 7.39. The smallest absolute Gasteiger partial charge is 0.314 e. The van der Waals surface area contributed by atoms with Crippen LogP contribution in [0.4, 0.5) is 0 Å². The van der Waals surface area contributed by atoms with E-state index in [2.05, 4.69) is 0 Å². The molecule has 7 nitrogen and oxygen atoms in total. The second kappa shape index (κ2) is 8.36. The van der Waals surface area contributed by atoms with Crippen LogP contribution in [0.1, 0.15) is 49.0 Å². The molecule has 0 bridgehead atoms. The zero-order valence-corrected chi connectivity index (χ0v) is 17.9. The van der Waals surface area contributed by atoms with Crippen molar-refractivity contribution in [2.24, 2.45) is 0 Å². The predicted octanol–water partition coefficient (Wildman–Crippen LogP) is -1.12. The molecular weight excluding hydrogens is 477 g/mol. The van der Waals surface area contributed by atoms with E-state index >= 15 is 0 Å². The van der Waals surface area contributed by atoms with Gasteiger partial charge in [-0.05, 0) is 6.07 Å². The number of hydrogen-bond acceptors (Lipinski definition) is 6. The molecule has 2 aromatic rings. The summed E-state index contributed by atoms with van der Waals surface area (Å²) in [6.45, 7) is 0.798. The molecule has 1 heterocycles. The van der Waals surface area contributed by atoms with Crippen molar-refractivity contribution in [3.05, 3.63) is 58.5 Å². The van der Waals surface area contributed by atoms with Gasteiger partial charge in [0.1, 0.15) is 19.6 Å². The molecule has 1 aliphatic rings. The summed E-state index contributed by atoms with van der Waals surface area (Å²) in [7, 11) is 5.87. The molecule has 0 amide bonds. The lowest BCUT2D eigenvalue weighted by Gasteiger charge is -2.23. The largest absolute Gasteiger partial charge is 1.00 e. The number of halogens is 1. The number of quaternary nitrogens is 1. The number of esters is 1. The number of furan rings is 1. The van der Waals surface area contributed by atoms with Crippen molar-refractivity contribution in [2.75, 3.05) is 34.3 Å². The van der Waals surface area contributed by atoms with Crippen molar-refractivity contribution in [3.8, 4) is 0 Å². The first-order chi connectivity index (χ1) is 12.7. The minimum atomic E-state index is -0.677. The Kier molecular flexibility index (Phi) is 6.56. The Morgan fingerprint density at radius 1 is 1.00 bits per heavy atom. The number of ether oxygens (including phenoxy) is 1. The molecule has 0 fully saturated rings. The highest BCUT2D eigenvalue weighted by atomic mass is 127. The first kappa shape index (κ1) is 22.0. The van der Waals surface area contributed by atoms with E-state index in [1.807, 2.05) is 21.1 Å². The maximum Gasteiger partial charge on any atom is 0.314 e. The zero-order valence-electron chi connectivity index (χ0n) is 15.8. The van der Waals surface area contributed by atoms with E-state index in [1.165, 1.54) is 12.1 Å². The number of nitrogens with zero attached hydrogens (tertiary/aromatic N) is 1. The Labute approximate surface area is 179 Å². The van der Waals surface area contributed by atoms with Crippen LogP contribution in [-0.4, -0.2) is 62.1 Å². The van der Waals surface area contributed by atoms with Gasteiger partial charge in [0.05, 0.1) is 26.7 Å². The SMILES string of the molecule is C[N+](C)(C)CCOC(=O)CC(=O)c1cc2c(o1)C(=O)c1ccccc1C2=O.[I-]. The Morgan fingerprint density at radius 2 is 1.61 bits per heavy atom. The highest BCUT2D eigenvalue weighted by molar-refractivity contribution is 6.28. The monoisotopic (exact) mass is 497 g/mol. The quantitative estimate of drug-likeness (QED) is 0.141. The number of likely N-dealkylation sites (N-methyl/N-ethyl adjacent to an activating group) is 1. The van der Waals surface area contributed by atoms with Crippen LogP contribution >= 0.6 is 0 Å². The molecule has 0 spiro atoms. The third-order valence-corrected chi connectivity index (χ3v) is 4.20. The number of rotatable bonds is 6. The fourth-order valence-electron chi connectivity index (χ4n) is 2.71. The van der Waals surface area contributed by atoms with Crippen LogP contribution in [0.25, 0.3) is 0 Å². The molecule has 1 aromatic heterocycles. The van der Waals surface area contributed by atoms with E-state index in [9.17, 15) is 19.2 Å². The normalized spacial score (nSPS) is 12.7. The van der Waals surface area contributed by atoms with Gasteiger partial charge in [0.15, 0.2) is 17.3 Å². The summed E-state index contributed by atoms with van der Waals surface area (Å²) in [5, 5.41) is 0. The molecule has 0 saturated carbocycles. The van der Waals surface area contributed by atoms with Gasteiger partial charge in [-0.2, -0.15) is 0 Å². The molecule has 28 heavy (non-hydrogen) atoms. The summed E-state index contributed by atoms with van der Waals surface area (Å²) in [5.41, 5.74) is 0.554. The van der Waals surface area contributed by atoms with Crippen LogP contribution in [0.5, 0.6) is 0 Å². The van der Waals surface area contributed by atoms with Gasteiger partial charge in [-0.1, -0.05) is 24.3 Å². The Bertz CT molecular complexity index is 901. The van der Waals surface area contributed by atoms with E-state index in [0.29, 0.717) is 11.0 Å². The molecule has 8 heteroatoms. The summed E-state index contributed by atoms with van der Waals surface area (Å²) in [5.74, 6) is -2.51. The Morgan fingerprint density at radius 3 is 2.21 bits per heavy atom. The lowest BCUT2D eigenvalue weighted by atomic mass is 9.88. The number of carbonyl (C=O) groups excluding carboxylic acids is 4. The van der Waals surface area contributed by atoms with Crippen molar-refractivity contribution in [1.29, 1.82) is 0 Å². The number of hydrogen-bond donors (Lipinski definition) is 0. The molecule has 3 rings (SSSR count). The number of carbonyl (C=O) groups is 4. The van der Waals surface area contributed by atoms with E-state index in [4.69, 9.17) is 9.15 Å². The highest BCUT2D eigenvalue weighted by Crippen LogP contribution is 2.30. The number of ketones is 3. The van der Waals surface area contributed by atoms with Crippen molar-refractivity contribution >= 4 is 23.3 Å². The summed E-state index contributed by atoms with van der Waals surface area (Å²) in [4.78, 5) is 49.2. The molecule has 0 saturated heterocycles. The van der Waals surface area contributed by atoms with Gasteiger partial charge in [0, 0.05) is 11.1 Å². The minimum Gasteiger partial charge on any atom is -1.00 e. The summed E-state index contributed by atoms with van der Waals surface area (Å²) < 4.78 is 11.0. The molecule has 1 aliphatic carbocycles. The van der Waals surface area contributed by atoms with E-state index in [1.54, 1.807) is 18.2 Å². The van der Waals surface area contributed by atoms with Gasteiger partial charge < -0.3 is 37.6 Å². The summed E-state index contributed by atoms with van der Waals surface area (Å²) in [6.07, 6.45) is -0.515. The third kappa shape index (κ3) is 4.56. The fraction of sp³-hybridized carbons (Fsp3) is 0.300. The van der Waals surface area contributed by atoms with Crippen molar-refractivity contribution in [1.82, 2.24) is 0 Å². The van der Waals surface area contributed by atoms with E-state index in [0.717, 1.165) is 0 Å². The molecule has 1 aromatic carbocycles. The lowest BCUT2D eigenvalue weighted by molar-refractivity contribution is -0.870. The van der Waals surface area contributed by atoms with Crippen LogP contribution in [0.15, 0.2) is 34.7 Å². The lowest BCUT2D eigenvalue weighted by Crippen LogP contribution is -3.00. The van der Waals surface area contributed by atoms with Gasteiger partial charge >= 0.3 is 5.97 Å². The Balaban J connectivity index is 0.00000280. The first-order valence-electron chi connectivity index (χ1n) is 8.49. The van der Waals surface area contributed by atoms with Crippen LogP contribution in [-0.2, 0) is 9.53 Å². The average molecular weight is 497 g/mol. The maximum atomic E-state index is 12.5. The summed E-state index contributed by atoms with van der Waals surface area (Å²) >= 11 is 0. The van der Waals surface area contributed by atoms with Crippen LogP contribution < -0.4 is 24.0 Å². The minimum absolute atomic E-state index is 0. The van der Waals surface area contributed by atoms with Gasteiger partial charge in [-0.15, -0.1) is 0 Å². The molecule has 0 atom stereocenters. The molecule has 148 valence electrons. The molecule has 0 radical (unpaired) electrons. The second-order valence-electron chi connectivity index (χ2n) is 7.39.